The van der Waals surface area contributed by atoms with Crippen molar-refractivity contribution >= 4 is 27.3 Å². The topological polar surface area (TPSA) is 30.2 Å². The highest BCUT2D eigenvalue weighted by atomic mass is 15.2. The third kappa shape index (κ3) is 1.92. The minimum absolute atomic E-state index is 0.569. The lowest BCUT2D eigenvalue weighted by Gasteiger charge is -2.16. The van der Waals surface area contributed by atoms with Gasteiger partial charge in [0, 0.05) is 33.9 Å². The number of nitrogens with zero attached hydrogens (tertiary/aromatic N) is 3. The Morgan fingerprint density at radius 1 is 1.04 bits per heavy atom. The second kappa shape index (κ2) is 4.81. The molecule has 0 bridgehead atoms. The molecule has 25 heavy (non-hydrogen) atoms. The molecule has 1 atom stereocenters. The second-order valence-electron chi connectivity index (χ2n) is 7.87. The third-order valence-corrected chi connectivity index (χ3v) is 6.08. The van der Waals surface area contributed by atoms with Crippen molar-refractivity contribution in [2.75, 3.05) is 0 Å². The van der Waals surface area contributed by atoms with Crippen LogP contribution in [0.25, 0.3) is 27.3 Å². The Labute approximate surface area is 146 Å². The van der Waals surface area contributed by atoms with Crippen LogP contribution in [0.2, 0.25) is 0 Å². The summed E-state index contributed by atoms with van der Waals surface area (Å²) in [5.74, 6) is 1.23. The summed E-state index contributed by atoms with van der Waals surface area (Å²) < 4.78 is 2.28. The predicted molar refractivity (Wildman–Crippen MR) is 101 cm³/mol. The highest BCUT2D eigenvalue weighted by Gasteiger charge is 2.31. The Hall–Kier alpha value is -2.42. The fraction of sp³-hybridized carbons (Fsp3) is 0.364. The van der Waals surface area contributed by atoms with E-state index in [1.807, 2.05) is 0 Å². The van der Waals surface area contributed by atoms with Crippen molar-refractivity contribution in [1.82, 2.24) is 14.6 Å². The molecule has 2 aliphatic rings. The number of pyridine rings is 2. The molecule has 0 aliphatic heterocycles. The maximum absolute atomic E-state index is 5.11. The van der Waals surface area contributed by atoms with Crippen molar-refractivity contribution in [1.29, 1.82) is 0 Å². The molecule has 0 radical (unpaired) electrons. The van der Waals surface area contributed by atoms with E-state index in [0.29, 0.717) is 11.8 Å². The molecule has 124 valence electrons. The van der Waals surface area contributed by atoms with Gasteiger partial charge < -0.3 is 0 Å². The Morgan fingerprint density at radius 2 is 1.92 bits per heavy atom. The minimum Gasteiger partial charge on any atom is -0.248 e. The number of benzene rings is 1. The van der Waals surface area contributed by atoms with E-state index in [2.05, 4.69) is 47.8 Å². The van der Waals surface area contributed by atoms with Gasteiger partial charge in [0.25, 0.3) is 0 Å². The summed E-state index contributed by atoms with van der Waals surface area (Å²) in [5, 5.41) is 7.60. The van der Waals surface area contributed by atoms with Gasteiger partial charge in [-0.25, -0.2) is 9.50 Å². The molecule has 1 fully saturated rings. The number of para-hydroxylation sites is 1. The van der Waals surface area contributed by atoms with Gasteiger partial charge in [-0.05, 0) is 50.3 Å². The van der Waals surface area contributed by atoms with Crippen LogP contribution in [0.5, 0.6) is 0 Å². The van der Waals surface area contributed by atoms with Crippen LogP contribution in [0.4, 0.5) is 0 Å². The first-order valence-electron chi connectivity index (χ1n) is 9.53. The molecule has 0 saturated heterocycles. The van der Waals surface area contributed by atoms with Crippen LogP contribution in [-0.2, 0) is 6.42 Å². The summed E-state index contributed by atoms with van der Waals surface area (Å²) in [7, 11) is 0. The first kappa shape index (κ1) is 13.8. The summed E-state index contributed by atoms with van der Waals surface area (Å²) in [4.78, 5) is 5.01. The van der Waals surface area contributed by atoms with E-state index in [4.69, 9.17) is 10.1 Å². The normalized spacial score (nSPS) is 20.4. The van der Waals surface area contributed by atoms with Crippen molar-refractivity contribution in [2.24, 2.45) is 0 Å². The zero-order chi connectivity index (χ0) is 16.5. The maximum atomic E-state index is 5.11. The average Bonchev–Trinajstić information content (AvgIpc) is 3.39. The highest BCUT2D eigenvalue weighted by molar-refractivity contribution is 6.02. The number of hydrogen-bond acceptors (Lipinski definition) is 2. The van der Waals surface area contributed by atoms with Crippen molar-refractivity contribution < 1.29 is 0 Å². The summed E-state index contributed by atoms with van der Waals surface area (Å²) in [5.41, 5.74) is 7.72. The van der Waals surface area contributed by atoms with Gasteiger partial charge in [0.15, 0.2) is 0 Å². The van der Waals surface area contributed by atoms with Crippen molar-refractivity contribution in [3.63, 3.8) is 0 Å². The second-order valence-corrected chi connectivity index (χ2v) is 7.87. The SMILES string of the molecule is CC1CCCc2c1nn1c(C3CC3)cc3nc4ccccc4cc3c21. The quantitative estimate of drug-likeness (QED) is 0.441. The molecule has 1 unspecified atom stereocenters. The smallest absolute Gasteiger partial charge is 0.0794 e. The van der Waals surface area contributed by atoms with Gasteiger partial charge in [-0.15, -0.1) is 0 Å². The Bertz CT molecular complexity index is 1150. The Balaban J connectivity index is 1.81. The molecule has 3 nitrogen and oxygen atoms in total. The lowest BCUT2D eigenvalue weighted by Crippen LogP contribution is -2.05. The molecule has 2 aliphatic carbocycles. The molecular formula is C22H21N3. The van der Waals surface area contributed by atoms with Gasteiger partial charge in [-0.3, -0.25) is 0 Å². The van der Waals surface area contributed by atoms with E-state index in [-0.39, 0.29) is 0 Å². The van der Waals surface area contributed by atoms with Crippen LogP contribution in [0.15, 0.2) is 36.4 Å². The predicted octanol–water partition coefficient (Wildman–Crippen LogP) is 5.35. The molecule has 0 amide bonds. The molecular weight excluding hydrogens is 306 g/mol. The highest BCUT2D eigenvalue weighted by Crippen LogP contribution is 2.44. The molecule has 6 rings (SSSR count). The van der Waals surface area contributed by atoms with Gasteiger partial charge in [0.05, 0.1) is 22.2 Å². The zero-order valence-electron chi connectivity index (χ0n) is 14.5. The fourth-order valence-corrected chi connectivity index (χ4v) is 4.60. The number of aryl methyl sites for hydroxylation is 1. The van der Waals surface area contributed by atoms with Crippen molar-refractivity contribution in [2.45, 2.75) is 50.9 Å². The molecule has 0 spiro atoms. The number of rotatable bonds is 1. The Morgan fingerprint density at radius 3 is 2.80 bits per heavy atom. The first-order chi connectivity index (χ1) is 12.3. The van der Waals surface area contributed by atoms with E-state index in [1.165, 1.54) is 58.9 Å². The lowest BCUT2D eigenvalue weighted by atomic mass is 9.88. The third-order valence-electron chi connectivity index (χ3n) is 6.08. The van der Waals surface area contributed by atoms with Gasteiger partial charge >= 0.3 is 0 Å². The van der Waals surface area contributed by atoms with Crippen LogP contribution in [0, 0.1) is 0 Å². The van der Waals surface area contributed by atoms with Gasteiger partial charge in [-0.1, -0.05) is 25.1 Å². The summed E-state index contributed by atoms with van der Waals surface area (Å²) in [6.45, 7) is 2.33. The van der Waals surface area contributed by atoms with E-state index in [1.54, 1.807) is 0 Å². The van der Waals surface area contributed by atoms with Gasteiger partial charge in [0.2, 0.25) is 0 Å². The van der Waals surface area contributed by atoms with Crippen LogP contribution < -0.4 is 0 Å². The van der Waals surface area contributed by atoms with Crippen LogP contribution in [-0.4, -0.2) is 14.6 Å². The van der Waals surface area contributed by atoms with Crippen LogP contribution in [0.3, 0.4) is 0 Å². The van der Waals surface area contributed by atoms with E-state index < -0.39 is 0 Å². The van der Waals surface area contributed by atoms with Gasteiger partial charge in [-0.2, -0.15) is 5.10 Å². The van der Waals surface area contributed by atoms with Crippen LogP contribution >= 0.6 is 0 Å². The average molecular weight is 327 g/mol. The molecule has 4 aromatic rings. The largest absolute Gasteiger partial charge is 0.248 e. The van der Waals surface area contributed by atoms with E-state index >= 15 is 0 Å². The number of aromatic nitrogens is 3. The molecule has 1 saturated carbocycles. The summed E-state index contributed by atoms with van der Waals surface area (Å²) in [6.07, 6.45) is 6.25. The molecule has 1 aromatic carbocycles. The van der Waals surface area contributed by atoms with E-state index in [9.17, 15) is 0 Å². The number of fused-ring (bicyclic) bond motifs is 6. The fourth-order valence-electron chi connectivity index (χ4n) is 4.60. The standard InChI is InChI=1S/C22H21N3/c1-13-5-4-7-16-21(13)24-25-20(14-9-10-14)12-19-17(22(16)25)11-15-6-2-3-8-18(15)23-19/h2-3,6,8,11-14H,4-5,7,9-10H2,1H3. The van der Waals surface area contributed by atoms with Gasteiger partial charge in [0.1, 0.15) is 0 Å². The molecule has 3 heteroatoms. The monoisotopic (exact) mass is 327 g/mol. The first-order valence-corrected chi connectivity index (χ1v) is 9.53. The summed E-state index contributed by atoms with van der Waals surface area (Å²) >= 11 is 0. The summed E-state index contributed by atoms with van der Waals surface area (Å²) in [6, 6.07) is 13.1. The van der Waals surface area contributed by atoms with Crippen molar-refractivity contribution in [3.8, 4) is 0 Å². The maximum Gasteiger partial charge on any atom is 0.0794 e. The van der Waals surface area contributed by atoms with Crippen LogP contribution in [0.1, 0.15) is 61.4 Å². The Kier molecular flexibility index (Phi) is 2.66. The molecule has 3 aromatic heterocycles. The van der Waals surface area contributed by atoms with Crippen molar-refractivity contribution in [3.05, 3.63) is 53.3 Å². The van der Waals surface area contributed by atoms with E-state index in [0.717, 1.165) is 17.5 Å². The lowest BCUT2D eigenvalue weighted by molar-refractivity contribution is 0.576. The number of hydrogen-bond donors (Lipinski definition) is 0. The molecule has 0 N–H and O–H groups in total. The zero-order valence-corrected chi connectivity index (χ0v) is 14.5. The molecule has 3 heterocycles. The minimum atomic E-state index is 0.569.